The van der Waals surface area contributed by atoms with Gasteiger partial charge in [0.15, 0.2) is 0 Å². The number of fused-ring (bicyclic) bond motifs is 1. The number of nitrogens with zero attached hydrogens (tertiary/aromatic N) is 2. The van der Waals surface area contributed by atoms with E-state index < -0.39 is 0 Å². The molecule has 0 unspecified atom stereocenters. The zero-order valence-electron chi connectivity index (χ0n) is 13.0. The van der Waals surface area contributed by atoms with Crippen molar-refractivity contribution in [3.8, 4) is 11.4 Å². The largest absolute Gasteiger partial charge is 0.398 e. The van der Waals surface area contributed by atoms with Crippen molar-refractivity contribution in [2.45, 2.75) is 33.7 Å². The molecule has 0 saturated carbocycles. The monoisotopic (exact) mass is 279 g/mol. The molecular weight excluding hydrogens is 258 g/mol. The summed E-state index contributed by atoms with van der Waals surface area (Å²) in [5.41, 5.74) is 12.5. The number of imidazole rings is 1. The van der Waals surface area contributed by atoms with E-state index in [1.54, 1.807) is 0 Å². The fourth-order valence-electron chi connectivity index (χ4n) is 2.82. The van der Waals surface area contributed by atoms with Gasteiger partial charge in [-0.1, -0.05) is 18.2 Å². The van der Waals surface area contributed by atoms with Gasteiger partial charge in [-0.3, -0.25) is 0 Å². The Bertz CT molecular complexity index is 813. The number of benzene rings is 2. The third-order valence-corrected chi connectivity index (χ3v) is 3.98. The van der Waals surface area contributed by atoms with Crippen molar-refractivity contribution in [3.05, 3.63) is 47.5 Å². The number of nitrogen functional groups attached to an aromatic ring is 1. The van der Waals surface area contributed by atoms with Gasteiger partial charge in [-0.15, -0.1) is 0 Å². The standard InChI is InChI=1S/C18H21N3/c1-11(2)21-17-9-8-12(3)10-16(17)20-18(21)14-6-5-7-15(19)13(14)4/h5-11H,19H2,1-4H3. The Morgan fingerprint density at radius 2 is 1.86 bits per heavy atom. The third-order valence-electron chi connectivity index (χ3n) is 3.98. The molecule has 0 aliphatic heterocycles. The Labute approximate surface area is 125 Å². The number of nitrogens with two attached hydrogens (primary N) is 1. The quantitative estimate of drug-likeness (QED) is 0.703. The first kappa shape index (κ1) is 13.7. The van der Waals surface area contributed by atoms with Crippen molar-refractivity contribution in [2.75, 3.05) is 5.73 Å². The van der Waals surface area contributed by atoms with Crippen LogP contribution in [-0.4, -0.2) is 9.55 Å². The van der Waals surface area contributed by atoms with E-state index in [-0.39, 0.29) is 0 Å². The molecule has 0 aliphatic carbocycles. The molecule has 0 spiro atoms. The first-order valence-corrected chi connectivity index (χ1v) is 7.33. The van der Waals surface area contributed by atoms with Gasteiger partial charge < -0.3 is 10.3 Å². The molecule has 2 N–H and O–H groups in total. The summed E-state index contributed by atoms with van der Waals surface area (Å²) >= 11 is 0. The molecule has 21 heavy (non-hydrogen) atoms. The molecule has 1 heterocycles. The van der Waals surface area contributed by atoms with E-state index in [4.69, 9.17) is 10.7 Å². The molecule has 3 heteroatoms. The smallest absolute Gasteiger partial charge is 0.141 e. The zero-order valence-corrected chi connectivity index (χ0v) is 13.0. The lowest BCUT2D eigenvalue weighted by molar-refractivity contribution is 0.624. The van der Waals surface area contributed by atoms with Gasteiger partial charge in [0.1, 0.15) is 5.82 Å². The van der Waals surface area contributed by atoms with Crippen LogP contribution in [-0.2, 0) is 0 Å². The van der Waals surface area contributed by atoms with Gasteiger partial charge in [-0.2, -0.15) is 0 Å². The zero-order chi connectivity index (χ0) is 15.1. The number of rotatable bonds is 2. The minimum Gasteiger partial charge on any atom is -0.398 e. The van der Waals surface area contributed by atoms with Crippen LogP contribution in [0.4, 0.5) is 5.69 Å². The molecule has 0 fully saturated rings. The van der Waals surface area contributed by atoms with Crippen LogP contribution in [0.25, 0.3) is 22.4 Å². The summed E-state index contributed by atoms with van der Waals surface area (Å²) in [5.74, 6) is 0.996. The summed E-state index contributed by atoms with van der Waals surface area (Å²) in [7, 11) is 0. The summed E-state index contributed by atoms with van der Waals surface area (Å²) in [6.07, 6.45) is 0. The normalized spacial score (nSPS) is 11.5. The van der Waals surface area contributed by atoms with Crippen molar-refractivity contribution in [1.29, 1.82) is 0 Å². The number of aromatic nitrogens is 2. The molecule has 0 aliphatic rings. The minimum atomic E-state index is 0.341. The Balaban J connectivity index is 2.36. The molecule has 3 aromatic rings. The summed E-state index contributed by atoms with van der Waals surface area (Å²) in [4.78, 5) is 4.87. The maximum Gasteiger partial charge on any atom is 0.141 e. The molecule has 0 amide bonds. The van der Waals surface area contributed by atoms with Crippen LogP contribution in [0.5, 0.6) is 0 Å². The minimum absolute atomic E-state index is 0.341. The van der Waals surface area contributed by atoms with Crippen LogP contribution in [0.1, 0.15) is 31.0 Å². The maximum atomic E-state index is 6.07. The van der Waals surface area contributed by atoms with Gasteiger partial charge in [-0.25, -0.2) is 4.98 Å². The van der Waals surface area contributed by atoms with Gasteiger partial charge in [0.05, 0.1) is 11.0 Å². The van der Waals surface area contributed by atoms with Crippen molar-refractivity contribution < 1.29 is 0 Å². The molecule has 3 nitrogen and oxygen atoms in total. The van der Waals surface area contributed by atoms with E-state index in [1.165, 1.54) is 11.1 Å². The fourth-order valence-corrected chi connectivity index (χ4v) is 2.82. The van der Waals surface area contributed by atoms with Crippen LogP contribution < -0.4 is 5.73 Å². The topological polar surface area (TPSA) is 43.8 Å². The summed E-state index contributed by atoms with van der Waals surface area (Å²) in [5, 5.41) is 0. The average molecular weight is 279 g/mol. The Hall–Kier alpha value is -2.29. The van der Waals surface area contributed by atoms with E-state index in [9.17, 15) is 0 Å². The molecule has 2 aromatic carbocycles. The fraction of sp³-hybridized carbons (Fsp3) is 0.278. The highest BCUT2D eigenvalue weighted by molar-refractivity contribution is 5.83. The Morgan fingerprint density at radius 3 is 2.57 bits per heavy atom. The summed E-state index contributed by atoms with van der Waals surface area (Å²) in [6.45, 7) is 8.53. The van der Waals surface area contributed by atoms with Gasteiger partial charge >= 0.3 is 0 Å². The number of hydrogen-bond donors (Lipinski definition) is 1. The predicted octanol–water partition coefficient (Wildman–Crippen LogP) is 4.48. The number of anilines is 1. The molecule has 0 saturated heterocycles. The third kappa shape index (κ3) is 2.19. The molecule has 1 aromatic heterocycles. The van der Waals surface area contributed by atoms with Gasteiger partial charge in [0.25, 0.3) is 0 Å². The summed E-state index contributed by atoms with van der Waals surface area (Å²) < 4.78 is 2.29. The molecule has 0 atom stereocenters. The Morgan fingerprint density at radius 1 is 1.10 bits per heavy atom. The average Bonchev–Trinajstić information content (AvgIpc) is 2.80. The SMILES string of the molecule is Cc1ccc2c(c1)nc(-c1cccc(N)c1C)n2C(C)C. The van der Waals surface area contributed by atoms with Crippen molar-refractivity contribution >= 4 is 16.7 Å². The van der Waals surface area contributed by atoms with E-state index >= 15 is 0 Å². The second-order valence-electron chi connectivity index (χ2n) is 5.91. The summed E-state index contributed by atoms with van der Waals surface area (Å²) in [6, 6.07) is 12.8. The van der Waals surface area contributed by atoms with Gasteiger partial charge in [-0.05, 0) is 57.0 Å². The van der Waals surface area contributed by atoms with E-state index in [1.807, 2.05) is 12.1 Å². The number of aryl methyl sites for hydroxylation is 1. The molecule has 0 radical (unpaired) electrons. The maximum absolute atomic E-state index is 6.07. The predicted molar refractivity (Wildman–Crippen MR) is 89.4 cm³/mol. The van der Waals surface area contributed by atoms with E-state index in [0.29, 0.717) is 6.04 Å². The number of hydrogen-bond acceptors (Lipinski definition) is 2. The van der Waals surface area contributed by atoms with Crippen LogP contribution in [0.2, 0.25) is 0 Å². The van der Waals surface area contributed by atoms with Crippen LogP contribution >= 0.6 is 0 Å². The van der Waals surface area contributed by atoms with Crippen molar-refractivity contribution in [2.24, 2.45) is 0 Å². The van der Waals surface area contributed by atoms with Crippen LogP contribution in [0, 0.1) is 13.8 Å². The second kappa shape index (κ2) is 4.92. The lowest BCUT2D eigenvalue weighted by atomic mass is 10.1. The first-order chi connectivity index (χ1) is 9.99. The second-order valence-corrected chi connectivity index (χ2v) is 5.91. The molecule has 108 valence electrons. The van der Waals surface area contributed by atoms with Gasteiger partial charge in [0.2, 0.25) is 0 Å². The van der Waals surface area contributed by atoms with Crippen LogP contribution in [0.15, 0.2) is 36.4 Å². The van der Waals surface area contributed by atoms with Crippen molar-refractivity contribution in [3.63, 3.8) is 0 Å². The highest BCUT2D eigenvalue weighted by atomic mass is 15.1. The van der Waals surface area contributed by atoms with Crippen LogP contribution in [0.3, 0.4) is 0 Å². The molecule has 3 rings (SSSR count). The lowest BCUT2D eigenvalue weighted by Crippen LogP contribution is -2.04. The van der Waals surface area contributed by atoms with E-state index in [2.05, 4.69) is 56.5 Å². The van der Waals surface area contributed by atoms with E-state index in [0.717, 1.165) is 28.2 Å². The van der Waals surface area contributed by atoms with Gasteiger partial charge in [0, 0.05) is 17.3 Å². The molecular formula is C18H21N3. The van der Waals surface area contributed by atoms with Crippen molar-refractivity contribution in [1.82, 2.24) is 9.55 Å². The Kier molecular flexibility index (Phi) is 3.20. The lowest BCUT2D eigenvalue weighted by Gasteiger charge is -2.15. The highest BCUT2D eigenvalue weighted by Gasteiger charge is 2.17. The highest BCUT2D eigenvalue weighted by Crippen LogP contribution is 2.32. The molecule has 0 bridgehead atoms. The first-order valence-electron chi connectivity index (χ1n) is 7.33.